The van der Waals surface area contributed by atoms with Crippen molar-refractivity contribution in [2.45, 2.75) is 13.8 Å². The summed E-state index contributed by atoms with van der Waals surface area (Å²) in [5.74, 6) is 0.369. The first kappa shape index (κ1) is 12.4. The Balaban J connectivity index is 2.37. The molecule has 18 heavy (non-hydrogen) atoms. The summed E-state index contributed by atoms with van der Waals surface area (Å²) in [7, 11) is 0. The molecule has 0 aliphatic heterocycles. The van der Waals surface area contributed by atoms with Gasteiger partial charge < -0.3 is 9.32 Å². The molecule has 0 N–H and O–H groups in total. The molecule has 3 heteroatoms. The van der Waals surface area contributed by atoms with Gasteiger partial charge in [0.25, 0.3) is 5.91 Å². The van der Waals surface area contributed by atoms with Gasteiger partial charge in [0.2, 0.25) is 0 Å². The zero-order valence-electron chi connectivity index (χ0n) is 10.7. The molecule has 94 valence electrons. The Morgan fingerprint density at radius 2 is 1.78 bits per heavy atom. The number of carbonyl (C=O) groups excluding carboxylic acids is 1. The molecule has 0 spiro atoms. The van der Waals surface area contributed by atoms with Crippen LogP contribution in [0, 0.1) is 0 Å². The standard InChI is InChI=1S/C15H17NO2/c1-3-16(4-2)15(17)14-13(10-11-18-14)12-8-6-5-7-9-12/h5-11H,3-4H2,1-2H3. The fraction of sp³-hybridized carbons (Fsp3) is 0.267. The van der Waals surface area contributed by atoms with Crippen LogP contribution >= 0.6 is 0 Å². The molecule has 2 rings (SSSR count). The average molecular weight is 243 g/mol. The van der Waals surface area contributed by atoms with Gasteiger partial charge in [-0.1, -0.05) is 30.3 Å². The van der Waals surface area contributed by atoms with E-state index in [1.165, 1.54) is 0 Å². The average Bonchev–Trinajstić information content (AvgIpc) is 2.90. The highest BCUT2D eigenvalue weighted by Crippen LogP contribution is 2.25. The molecule has 0 saturated heterocycles. The minimum atomic E-state index is -0.0520. The highest BCUT2D eigenvalue weighted by atomic mass is 16.3. The van der Waals surface area contributed by atoms with E-state index in [0.717, 1.165) is 11.1 Å². The van der Waals surface area contributed by atoms with Crippen LogP contribution in [0.15, 0.2) is 47.1 Å². The van der Waals surface area contributed by atoms with Crippen molar-refractivity contribution in [1.82, 2.24) is 4.90 Å². The number of hydrogen-bond acceptors (Lipinski definition) is 2. The fourth-order valence-electron chi connectivity index (χ4n) is 1.97. The third-order valence-corrected chi connectivity index (χ3v) is 2.99. The maximum atomic E-state index is 12.3. The molecule has 3 nitrogen and oxygen atoms in total. The summed E-state index contributed by atoms with van der Waals surface area (Å²) in [6, 6.07) is 11.7. The molecule has 0 fully saturated rings. The van der Waals surface area contributed by atoms with E-state index < -0.39 is 0 Å². The molecule has 1 heterocycles. The molecule has 0 aliphatic carbocycles. The molecule has 1 aromatic heterocycles. The molecular weight excluding hydrogens is 226 g/mol. The van der Waals surface area contributed by atoms with Gasteiger partial charge in [-0.05, 0) is 25.5 Å². The topological polar surface area (TPSA) is 33.5 Å². The lowest BCUT2D eigenvalue weighted by Gasteiger charge is -2.17. The molecule has 1 amide bonds. The first-order valence-corrected chi connectivity index (χ1v) is 6.20. The van der Waals surface area contributed by atoms with Crippen LogP contribution in [0.2, 0.25) is 0 Å². The summed E-state index contributed by atoms with van der Waals surface area (Å²) in [6.07, 6.45) is 1.57. The second-order valence-electron chi connectivity index (χ2n) is 4.01. The molecule has 0 bridgehead atoms. The van der Waals surface area contributed by atoms with E-state index in [0.29, 0.717) is 18.8 Å². The molecule has 0 saturated carbocycles. The summed E-state index contributed by atoms with van der Waals surface area (Å²) >= 11 is 0. The van der Waals surface area contributed by atoms with Gasteiger partial charge in [0.15, 0.2) is 5.76 Å². The van der Waals surface area contributed by atoms with Crippen LogP contribution in [0.25, 0.3) is 11.1 Å². The summed E-state index contributed by atoms with van der Waals surface area (Å²) in [5.41, 5.74) is 1.86. The molecule has 0 atom stereocenters. The zero-order chi connectivity index (χ0) is 13.0. The highest BCUT2D eigenvalue weighted by molar-refractivity contribution is 5.98. The first-order valence-electron chi connectivity index (χ1n) is 6.20. The molecule has 0 aliphatic rings. The van der Waals surface area contributed by atoms with Crippen molar-refractivity contribution < 1.29 is 9.21 Å². The number of nitrogens with zero attached hydrogens (tertiary/aromatic N) is 1. The normalized spacial score (nSPS) is 10.3. The van der Waals surface area contributed by atoms with Gasteiger partial charge in [0, 0.05) is 18.7 Å². The van der Waals surface area contributed by atoms with Gasteiger partial charge in [-0.25, -0.2) is 0 Å². The maximum Gasteiger partial charge on any atom is 0.290 e. The van der Waals surface area contributed by atoms with E-state index in [9.17, 15) is 4.79 Å². The van der Waals surface area contributed by atoms with Gasteiger partial charge >= 0.3 is 0 Å². The Morgan fingerprint density at radius 1 is 1.11 bits per heavy atom. The van der Waals surface area contributed by atoms with Crippen LogP contribution < -0.4 is 0 Å². The number of hydrogen-bond donors (Lipinski definition) is 0. The number of benzene rings is 1. The molecule has 1 aromatic carbocycles. The minimum absolute atomic E-state index is 0.0520. The van der Waals surface area contributed by atoms with Gasteiger partial charge in [0.1, 0.15) is 0 Å². The zero-order valence-corrected chi connectivity index (χ0v) is 10.7. The van der Waals surface area contributed by atoms with Crippen molar-refractivity contribution in [2.24, 2.45) is 0 Å². The van der Waals surface area contributed by atoms with E-state index >= 15 is 0 Å². The van der Waals surface area contributed by atoms with Crippen LogP contribution in [-0.4, -0.2) is 23.9 Å². The van der Waals surface area contributed by atoms with Crippen LogP contribution in [0.3, 0.4) is 0 Å². The minimum Gasteiger partial charge on any atom is -0.459 e. The Morgan fingerprint density at radius 3 is 2.39 bits per heavy atom. The molecule has 0 radical (unpaired) electrons. The maximum absolute atomic E-state index is 12.3. The molecule has 2 aromatic rings. The number of amides is 1. The number of rotatable bonds is 4. The largest absolute Gasteiger partial charge is 0.459 e. The van der Waals surface area contributed by atoms with Crippen molar-refractivity contribution in [3.63, 3.8) is 0 Å². The van der Waals surface area contributed by atoms with Crippen molar-refractivity contribution >= 4 is 5.91 Å². The third kappa shape index (κ3) is 2.30. The van der Waals surface area contributed by atoms with Crippen LogP contribution in [0.1, 0.15) is 24.4 Å². The Hall–Kier alpha value is -2.03. The summed E-state index contributed by atoms with van der Waals surface area (Å²) in [6.45, 7) is 5.30. The van der Waals surface area contributed by atoms with Crippen molar-refractivity contribution in [3.05, 3.63) is 48.4 Å². The van der Waals surface area contributed by atoms with Crippen molar-refractivity contribution in [3.8, 4) is 11.1 Å². The smallest absolute Gasteiger partial charge is 0.290 e. The van der Waals surface area contributed by atoms with E-state index in [1.807, 2.05) is 50.2 Å². The van der Waals surface area contributed by atoms with E-state index in [-0.39, 0.29) is 5.91 Å². The summed E-state index contributed by atoms with van der Waals surface area (Å²) in [4.78, 5) is 14.0. The first-order chi connectivity index (χ1) is 8.77. The van der Waals surface area contributed by atoms with Crippen molar-refractivity contribution in [1.29, 1.82) is 0 Å². The second kappa shape index (κ2) is 5.54. The SMILES string of the molecule is CCN(CC)C(=O)c1occc1-c1ccccc1. The van der Waals surface area contributed by atoms with Crippen LogP contribution in [-0.2, 0) is 0 Å². The van der Waals surface area contributed by atoms with Gasteiger partial charge in [-0.2, -0.15) is 0 Å². The predicted octanol–water partition coefficient (Wildman–Crippen LogP) is 3.43. The van der Waals surface area contributed by atoms with E-state index in [4.69, 9.17) is 4.42 Å². The Labute approximate surface area is 107 Å². The summed E-state index contributed by atoms with van der Waals surface area (Å²) in [5, 5.41) is 0. The molecule has 0 unspecified atom stereocenters. The van der Waals surface area contributed by atoms with Crippen LogP contribution in [0.5, 0.6) is 0 Å². The van der Waals surface area contributed by atoms with Gasteiger partial charge in [-0.3, -0.25) is 4.79 Å². The Kier molecular flexibility index (Phi) is 3.82. The van der Waals surface area contributed by atoms with Gasteiger partial charge in [0.05, 0.1) is 6.26 Å². The lowest BCUT2D eigenvalue weighted by Crippen LogP contribution is -2.30. The van der Waals surface area contributed by atoms with Crippen LogP contribution in [0.4, 0.5) is 0 Å². The predicted molar refractivity (Wildman–Crippen MR) is 71.4 cm³/mol. The molecular formula is C15H17NO2. The highest BCUT2D eigenvalue weighted by Gasteiger charge is 2.20. The lowest BCUT2D eigenvalue weighted by atomic mass is 10.1. The second-order valence-corrected chi connectivity index (χ2v) is 4.01. The number of furan rings is 1. The van der Waals surface area contributed by atoms with E-state index in [2.05, 4.69) is 0 Å². The van der Waals surface area contributed by atoms with Gasteiger partial charge in [-0.15, -0.1) is 0 Å². The summed E-state index contributed by atoms with van der Waals surface area (Å²) < 4.78 is 5.37. The third-order valence-electron chi connectivity index (χ3n) is 2.99. The Bertz CT molecular complexity index is 512. The van der Waals surface area contributed by atoms with E-state index in [1.54, 1.807) is 11.2 Å². The number of carbonyl (C=O) groups is 1. The fourth-order valence-corrected chi connectivity index (χ4v) is 1.97. The van der Waals surface area contributed by atoms with Crippen molar-refractivity contribution in [2.75, 3.05) is 13.1 Å². The lowest BCUT2D eigenvalue weighted by molar-refractivity contribution is 0.0742. The monoisotopic (exact) mass is 243 g/mol. The quantitative estimate of drug-likeness (QED) is 0.824.